The molecule has 6 heteroatoms. The van der Waals surface area contributed by atoms with Gasteiger partial charge in [-0.15, -0.1) is 0 Å². The fourth-order valence-electron chi connectivity index (χ4n) is 5.05. The quantitative estimate of drug-likeness (QED) is 0.0911. The van der Waals surface area contributed by atoms with Crippen molar-refractivity contribution in [3.8, 4) is 0 Å². The average Bonchev–Trinajstić information content (AvgIpc) is 2.78. The van der Waals surface area contributed by atoms with Crippen LogP contribution in [0.3, 0.4) is 0 Å². The largest absolute Gasteiger partial charge is 0.463 e. The van der Waals surface area contributed by atoms with Crippen molar-refractivity contribution in [2.24, 2.45) is 28.6 Å². The Kier molecular flexibility index (Phi) is 16.8. The van der Waals surface area contributed by atoms with Crippen LogP contribution in [-0.4, -0.2) is 61.4 Å². The zero-order valence-corrected chi connectivity index (χ0v) is 31.0. The van der Waals surface area contributed by atoms with Crippen LogP contribution in [0.5, 0.6) is 0 Å². The van der Waals surface area contributed by atoms with Crippen molar-refractivity contribution >= 4 is 5.97 Å². The molecule has 2 atom stereocenters. The molecule has 0 aromatic carbocycles. The summed E-state index contributed by atoms with van der Waals surface area (Å²) in [5.41, 5.74) is -1.18. The van der Waals surface area contributed by atoms with Crippen molar-refractivity contribution < 1.29 is 28.5 Å². The Morgan fingerprint density at radius 3 is 1.71 bits per heavy atom. The first kappa shape index (κ1) is 41.3. The van der Waals surface area contributed by atoms with Crippen LogP contribution in [-0.2, 0) is 28.5 Å². The maximum atomic E-state index is 12.6. The molecule has 0 aromatic heterocycles. The van der Waals surface area contributed by atoms with Gasteiger partial charge in [-0.25, -0.2) is 0 Å². The SMILES string of the molecule is CC(C)CC(C(=O)OCCOC(C)(C)CCOC(C)(C)C(C)(C)CC(C)OC(C)(C)C(C)(C)CCOC(C)C)C(C)C. The summed E-state index contributed by atoms with van der Waals surface area (Å²) < 4.78 is 30.7. The molecule has 0 saturated heterocycles. The Morgan fingerprint density at radius 1 is 0.643 bits per heavy atom. The molecule has 0 radical (unpaired) electrons. The van der Waals surface area contributed by atoms with E-state index in [1.807, 2.05) is 0 Å². The zero-order chi connectivity index (χ0) is 33.2. The second-order valence-corrected chi connectivity index (χ2v) is 16.4. The van der Waals surface area contributed by atoms with Crippen molar-refractivity contribution in [1.29, 1.82) is 0 Å². The molecule has 0 amide bonds. The molecule has 42 heavy (non-hydrogen) atoms. The third kappa shape index (κ3) is 14.9. The summed E-state index contributed by atoms with van der Waals surface area (Å²) in [5.74, 6) is 0.554. The Balaban J connectivity index is 4.82. The van der Waals surface area contributed by atoms with Gasteiger partial charge in [-0.1, -0.05) is 55.4 Å². The second-order valence-electron chi connectivity index (χ2n) is 16.4. The summed E-state index contributed by atoms with van der Waals surface area (Å²) in [6.07, 6.45) is 3.73. The van der Waals surface area contributed by atoms with E-state index in [0.717, 1.165) is 32.3 Å². The van der Waals surface area contributed by atoms with Crippen LogP contribution in [0, 0.1) is 28.6 Å². The normalized spacial score (nSPS) is 15.5. The molecule has 0 aliphatic carbocycles. The van der Waals surface area contributed by atoms with Gasteiger partial charge in [0.25, 0.3) is 0 Å². The Labute approximate surface area is 261 Å². The van der Waals surface area contributed by atoms with E-state index in [4.69, 9.17) is 23.7 Å². The van der Waals surface area contributed by atoms with Crippen molar-refractivity contribution in [3.63, 3.8) is 0 Å². The van der Waals surface area contributed by atoms with Crippen LogP contribution in [0.15, 0.2) is 0 Å². The van der Waals surface area contributed by atoms with Crippen LogP contribution in [0.1, 0.15) is 143 Å². The number of ether oxygens (including phenoxy) is 5. The van der Waals surface area contributed by atoms with Gasteiger partial charge >= 0.3 is 5.97 Å². The van der Waals surface area contributed by atoms with Gasteiger partial charge in [0.1, 0.15) is 6.61 Å². The molecule has 0 aliphatic heterocycles. The second kappa shape index (κ2) is 17.1. The molecule has 0 heterocycles. The summed E-state index contributed by atoms with van der Waals surface area (Å²) >= 11 is 0. The minimum atomic E-state index is -0.382. The van der Waals surface area contributed by atoms with Gasteiger partial charge in [-0.05, 0) is 111 Å². The number of hydrogen-bond donors (Lipinski definition) is 0. The average molecular weight is 601 g/mol. The van der Waals surface area contributed by atoms with Gasteiger partial charge in [-0.2, -0.15) is 0 Å². The fraction of sp³-hybridized carbons (Fsp3) is 0.972. The molecule has 6 nitrogen and oxygen atoms in total. The fourth-order valence-corrected chi connectivity index (χ4v) is 5.05. The molecule has 0 bridgehead atoms. The topological polar surface area (TPSA) is 63.2 Å². The first-order chi connectivity index (χ1) is 18.9. The van der Waals surface area contributed by atoms with E-state index in [2.05, 4.69) is 118 Å². The summed E-state index contributed by atoms with van der Waals surface area (Å²) in [6, 6.07) is 0. The van der Waals surface area contributed by atoms with Crippen molar-refractivity contribution in [3.05, 3.63) is 0 Å². The monoisotopic (exact) mass is 601 g/mol. The predicted molar refractivity (Wildman–Crippen MR) is 176 cm³/mol. The van der Waals surface area contributed by atoms with E-state index in [1.165, 1.54) is 0 Å². The molecule has 0 saturated carbocycles. The van der Waals surface area contributed by atoms with E-state index in [9.17, 15) is 4.79 Å². The molecular weight excluding hydrogens is 528 g/mol. The summed E-state index contributed by atoms with van der Waals surface area (Å²) in [6.45, 7) is 38.7. The third-order valence-corrected chi connectivity index (χ3v) is 9.55. The Morgan fingerprint density at radius 2 is 1.21 bits per heavy atom. The molecule has 0 rings (SSSR count). The van der Waals surface area contributed by atoms with Gasteiger partial charge in [0.15, 0.2) is 0 Å². The van der Waals surface area contributed by atoms with Crippen LogP contribution < -0.4 is 0 Å². The number of hydrogen-bond acceptors (Lipinski definition) is 6. The van der Waals surface area contributed by atoms with Gasteiger partial charge in [0, 0.05) is 6.61 Å². The summed E-state index contributed by atoms with van der Waals surface area (Å²) in [5, 5.41) is 0. The van der Waals surface area contributed by atoms with Crippen LogP contribution in [0.25, 0.3) is 0 Å². The zero-order valence-electron chi connectivity index (χ0n) is 31.0. The van der Waals surface area contributed by atoms with Crippen LogP contribution in [0.4, 0.5) is 0 Å². The van der Waals surface area contributed by atoms with E-state index >= 15 is 0 Å². The van der Waals surface area contributed by atoms with Crippen LogP contribution >= 0.6 is 0 Å². The number of carbonyl (C=O) groups excluding carboxylic acids is 1. The lowest BCUT2D eigenvalue weighted by Gasteiger charge is -2.47. The molecule has 0 fully saturated rings. The van der Waals surface area contributed by atoms with Gasteiger partial charge in [0.05, 0.1) is 48.1 Å². The molecule has 0 aromatic rings. The molecular formula is C36H72O6. The highest BCUT2D eigenvalue weighted by atomic mass is 16.6. The highest BCUT2D eigenvalue weighted by molar-refractivity contribution is 5.72. The smallest absolute Gasteiger partial charge is 0.309 e. The Bertz CT molecular complexity index is 763. The Hall–Kier alpha value is -0.690. The number of esters is 1. The highest BCUT2D eigenvalue weighted by Crippen LogP contribution is 2.42. The lowest BCUT2D eigenvalue weighted by Crippen LogP contribution is -2.48. The van der Waals surface area contributed by atoms with Crippen molar-refractivity contribution in [1.82, 2.24) is 0 Å². The highest BCUT2D eigenvalue weighted by Gasteiger charge is 2.43. The first-order valence-corrected chi connectivity index (χ1v) is 16.6. The van der Waals surface area contributed by atoms with E-state index in [-0.39, 0.29) is 64.3 Å². The molecule has 2 unspecified atom stereocenters. The maximum absolute atomic E-state index is 12.6. The van der Waals surface area contributed by atoms with E-state index < -0.39 is 0 Å². The third-order valence-electron chi connectivity index (χ3n) is 9.55. The maximum Gasteiger partial charge on any atom is 0.309 e. The van der Waals surface area contributed by atoms with Crippen molar-refractivity contribution in [2.45, 2.75) is 172 Å². The number of carbonyl (C=O) groups is 1. The van der Waals surface area contributed by atoms with Gasteiger partial charge in [-0.3, -0.25) is 4.79 Å². The standard InChI is InChI=1S/C36H72O6/c1-26(2)24-30(27(3)4)31(37)39-22-23-40-34(12,13)19-21-41-35(14,15)33(10,11)25-29(7)42-36(16,17)32(8,9)18-20-38-28(5)6/h26-30H,18-25H2,1-17H3. The predicted octanol–water partition coefficient (Wildman–Crippen LogP) is 9.27. The molecule has 0 aliphatic rings. The van der Waals surface area contributed by atoms with E-state index in [1.54, 1.807) is 0 Å². The number of rotatable bonds is 22. The van der Waals surface area contributed by atoms with Crippen LogP contribution in [0.2, 0.25) is 0 Å². The van der Waals surface area contributed by atoms with Gasteiger partial charge < -0.3 is 23.7 Å². The summed E-state index contributed by atoms with van der Waals surface area (Å²) in [7, 11) is 0. The molecule has 0 spiro atoms. The van der Waals surface area contributed by atoms with Gasteiger partial charge in [0.2, 0.25) is 0 Å². The first-order valence-electron chi connectivity index (χ1n) is 16.6. The van der Waals surface area contributed by atoms with Crippen molar-refractivity contribution in [2.75, 3.05) is 26.4 Å². The molecule has 252 valence electrons. The minimum Gasteiger partial charge on any atom is -0.463 e. The lowest BCUT2D eigenvalue weighted by molar-refractivity contribution is -0.169. The molecule has 0 N–H and O–H groups in total. The lowest BCUT2D eigenvalue weighted by atomic mass is 9.72. The summed E-state index contributed by atoms with van der Waals surface area (Å²) in [4.78, 5) is 12.6. The minimum absolute atomic E-state index is 0.0273. The van der Waals surface area contributed by atoms with E-state index in [0.29, 0.717) is 19.1 Å².